The number of hydrogen-bond donors (Lipinski definition) is 0. The molecule has 4 heteroatoms. The Morgan fingerprint density at radius 3 is 2.70 bits per heavy atom. The third-order valence-corrected chi connectivity index (χ3v) is 4.00. The fourth-order valence-electron chi connectivity index (χ4n) is 2.76. The lowest BCUT2D eigenvalue weighted by atomic mass is 10.2. The van der Waals surface area contributed by atoms with Gasteiger partial charge in [0.2, 0.25) is 0 Å². The number of hydrogen-bond acceptors (Lipinski definition) is 3. The molecule has 0 bridgehead atoms. The highest BCUT2D eigenvalue weighted by molar-refractivity contribution is 5.14. The first-order valence-corrected chi connectivity index (χ1v) is 7.11. The van der Waals surface area contributed by atoms with Gasteiger partial charge < -0.3 is 14.2 Å². The topological polar surface area (TPSA) is 27.7 Å². The van der Waals surface area contributed by atoms with Crippen LogP contribution in [0.4, 0.5) is 4.39 Å². The summed E-state index contributed by atoms with van der Waals surface area (Å²) in [5, 5.41) is 0. The first kappa shape index (κ1) is 14.0. The molecule has 20 heavy (non-hydrogen) atoms. The van der Waals surface area contributed by atoms with Gasteiger partial charge in [-0.25, -0.2) is 4.39 Å². The lowest BCUT2D eigenvalue weighted by Crippen LogP contribution is -2.26. The van der Waals surface area contributed by atoms with Crippen LogP contribution in [0.15, 0.2) is 30.3 Å². The van der Waals surface area contributed by atoms with Crippen LogP contribution in [-0.4, -0.2) is 30.8 Å². The lowest BCUT2D eigenvalue weighted by Gasteiger charge is -2.17. The average molecular weight is 280 g/mol. The number of rotatable bonds is 5. The van der Waals surface area contributed by atoms with Gasteiger partial charge in [0.1, 0.15) is 5.67 Å². The molecule has 1 saturated carbocycles. The van der Waals surface area contributed by atoms with E-state index < -0.39 is 11.5 Å². The summed E-state index contributed by atoms with van der Waals surface area (Å²) in [6, 6.07) is 9.82. The summed E-state index contributed by atoms with van der Waals surface area (Å²) in [5.74, 6) is -0.681. The van der Waals surface area contributed by atoms with Crippen LogP contribution in [0, 0.1) is 5.92 Å². The van der Waals surface area contributed by atoms with Gasteiger partial charge in [-0.1, -0.05) is 30.3 Å². The molecule has 3 rings (SSSR count). The molecule has 0 radical (unpaired) electrons. The van der Waals surface area contributed by atoms with Gasteiger partial charge in [-0.2, -0.15) is 0 Å². The summed E-state index contributed by atoms with van der Waals surface area (Å²) in [6.07, 6.45) is 0.363. The summed E-state index contributed by atoms with van der Waals surface area (Å²) >= 11 is 0. The normalized spacial score (nSPS) is 35.1. The molecule has 1 aromatic rings. The van der Waals surface area contributed by atoms with Crippen molar-refractivity contribution in [1.82, 2.24) is 0 Å². The van der Waals surface area contributed by atoms with Crippen molar-refractivity contribution in [3.05, 3.63) is 35.9 Å². The van der Waals surface area contributed by atoms with Crippen molar-refractivity contribution in [2.75, 3.05) is 13.2 Å². The van der Waals surface area contributed by atoms with Gasteiger partial charge in [-0.15, -0.1) is 0 Å². The Morgan fingerprint density at radius 2 is 2.05 bits per heavy atom. The minimum atomic E-state index is -1.25. The molecule has 0 aromatic heterocycles. The minimum absolute atomic E-state index is 0.0972. The monoisotopic (exact) mass is 280 g/mol. The Morgan fingerprint density at radius 1 is 1.30 bits per heavy atom. The summed E-state index contributed by atoms with van der Waals surface area (Å²) in [7, 11) is 0. The van der Waals surface area contributed by atoms with E-state index in [-0.39, 0.29) is 18.6 Å². The highest BCUT2D eigenvalue weighted by atomic mass is 19.1. The summed E-state index contributed by atoms with van der Waals surface area (Å²) in [4.78, 5) is 0. The maximum atomic E-state index is 14.5. The molecule has 1 aromatic carbocycles. The Bertz CT molecular complexity index is 462. The predicted molar refractivity (Wildman–Crippen MR) is 72.9 cm³/mol. The van der Waals surface area contributed by atoms with Crippen molar-refractivity contribution in [1.29, 1.82) is 0 Å². The zero-order chi connectivity index (χ0) is 14.2. The standard InChI is InChI=1S/C16H21FO3/c1-15(2)19-10-14(20-15)13-8-16(13,17)11-18-9-12-6-4-3-5-7-12/h3-7,13-14H,8-11H2,1-2H3/t13-,14+,16-/m0/s1. The molecule has 1 heterocycles. The lowest BCUT2D eigenvalue weighted by molar-refractivity contribution is -0.142. The predicted octanol–water partition coefficient (Wildman–Crippen LogP) is 3.08. The van der Waals surface area contributed by atoms with Gasteiger partial charge in [0.15, 0.2) is 5.79 Å². The third kappa shape index (κ3) is 3.03. The molecule has 1 saturated heterocycles. The maximum Gasteiger partial charge on any atom is 0.163 e. The highest BCUT2D eigenvalue weighted by Crippen LogP contribution is 2.52. The summed E-state index contributed by atoms with van der Waals surface area (Å²) in [6.45, 7) is 4.78. The van der Waals surface area contributed by atoms with Crippen LogP contribution >= 0.6 is 0 Å². The zero-order valence-corrected chi connectivity index (χ0v) is 12.0. The summed E-state index contributed by atoms with van der Waals surface area (Å²) < 4.78 is 31.2. The molecule has 1 aliphatic carbocycles. The van der Waals surface area contributed by atoms with Gasteiger partial charge in [0.05, 0.1) is 25.9 Å². The van der Waals surface area contributed by atoms with E-state index in [4.69, 9.17) is 14.2 Å². The molecule has 0 N–H and O–H groups in total. The van der Waals surface area contributed by atoms with Crippen LogP contribution in [-0.2, 0) is 20.8 Å². The Balaban J connectivity index is 1.45. The van der Waals surface area contributed by atoms with Crippen LogP contribution in [0.3, 0.4) is 0 Å². The third-order valence-electron chi connectivity index (χ3n) is 4.00. The van der Waals surface area contributed by atoms with E-state index in [1.807, 2.05) is 44.2 Å². The van der Waals surface area contributed by atoms with E-state index in [1.54, 1.807) is 0 Å². The summed E-state index contributed by atoms with van der Waals surface area (Å²) in [5.41, 5.74) is -0.182. The van der Waals surface area contributed by atoms with Gasteiger partial charge >= 0.3 is 0 Å². The second-order valence-corrected chi connectivity index (χ2v) is 6.19. The van der Waals surface area contributed by atoms with Gasteiger partial charge in [-0.05, 0) is 25.8 Å². The first-order chi connectivity index (χ1) is 9.49. The fraction of sp³-hybridized carbons (Fsp3) is 0.625. The van der Waals surface area contributed by atoms with Crippen molar-refractivity contribution in [2.45, 2.75) is 44.4 Å². The molecule has 3 atom stereocenters. The first-order valence-electron chi connectivity index (χ1n) is 7.11. The van der Waals surface area contributed by atoms with Crippen LogP contribution < -0.4 is 0 Å². The van der Waals surface area contributed by atoms with E-state index >= 15 is 0 Å². The molecule has 110 valence electrons. The molecule has 2 aliphatic rings. The van der Waals surface area contributed by atoms with Gasteiger partial charge in [0, 0.05) is 5.92 Å². The van der Waals surface area contributed by atoms with Crippen molar-refractivity contribution < 1.29 is 18.6 Å². The van der Waals surface area contributed by atoms with Crippen LogP contribution in [0.25, 0.3) is 0 Å². The second-order valence-electron chi connectivity index (χ2n) is 6.19. The van der Waals surface area contributed by atoms with Crippen LogP contribution in [0.2, 0.25) is 0 Å². The Labute approximate surface area is 119 Å². The van der Waals surface area contributed by atoms with E-state index in [0.717, 1.165) is 5.56 Å². The number of halogens is 1. The van der Waals surface area contributed by atoms with E-state index in [9.17, 15) is 4.39 Å². The van der Waals surface area contributed by atoms with Crippen molar-refractivity contribution in [3.8, 4) is 0 Å². The second kappa shape index (κ2) is 5.10. The average Bonchev–Trinajstić information content (AvgIpc) is 2.94. The quantitative estimate of drug-likeness (QED) is 0.829. The van der Waals surface area contributed by atoms with Crippen molar-refractivity contribution in [3.63, 3.8) is 0 Å². The van der Waals surface area contributed by atoms with Gasteiger partial charge in [-0.3, -0.25) is 0 Å². The Hall–Kier alpha value is -0.970. The number of benzene rings is 1. The smallest absolute Gasteiger partial charge is 0.163 e. The minimum Gasteiger partial charge on any atom is -0.373 e. The molecule has 0 spiro atoms. The van der Waals surface area contributed by atoms with Crippen molar-refractivity contribution in [2.24, 2.45) is 5.92 Å². The van der Waals surface area contributed by atoms with Gasteiger partial charge in [0.25, 0.3) is 0 Å². The molecular formula is C16H21FO3. The Kier molecular flexibility index (Phi) is 3.56. The van der Waals surface area contributed by atoms with Crippen LogP contribution in [0.5, 0.6) is 0 Å². The van der Waals surface area contributed by atoms with E-state index in [0.29, 0.717) is 19.6 Å². The SMILES string of the molecule is CC1(C)OC[C@H]([C@@H]2C[C@]2(F)COCc2ccccc2)O1. The van der Waals surface area contributed by atoms with Crippen molar-refractivity contribution >= 4 is 0 Å². The molecule has 0 unspecified atom stereocenters. The molecule has 1 aliphatic heterocycles. The van der Waals surface area contributed by atoms with E-state index in [1.165, 1.54) is 0 Å². The molecule has 3 nitrogen and oxygen atoms in total. The molecule has 2 fully saturated rings. The highest BCUT2D eigenvalue weighted by Gasteiger charge is 2.61. The maximum absolute atomic E-state index is 14.5. The van der Waals surface area contributed by atoms with Crippen LogP contribution in [0.1, 0.15) is 25.8 Å². The molecular weight excluding hydrogens is 259 g/mol. The fourth-order valence-corrected chi connectivity index (χ4v) is 2.76. The van der Waals surface area contributed by atoms with E-state index in [2.05, 4.69) is 0 Å². The number of ether oxygens (including phenoxy) is 3. The number of alkyl halides is 1. The molecule has 0 amide bonds. The zero-order valence-electron chi connectivity index (χ0n) is 12.0. The largest absolute Gasteiger partial charge is 0.373 e.